The van der Waals surface area contributed by atoms with E-state index in [4.69, 9.17) is 14.5 Å². The Labute approximate surface area is 152 Å². The van der Waals surface area contributed by atoms with Gasteiger partial charge in [-0.15, -0.1) is 0 Å². The third-order valence-electron chi connectivity index (χ3n) is 4.56. The summed E-state index contributed by atoms with van der Waals surface area (Å²) in [7, 11) is 3.30. The second-order valence-corrected chi connectivity index (χ2v) is 6.09. The largest absolute Gasteiger partial charge is 0.493 e. The van der Waals surface area contributed by atoms with Gasteiger partial charge in [0.2, 0.25) is 0 Å². The average Bonchev–Trinajstić information content (AvgIpc) is 2.73. The summed E-state index contributed by atoms with van der Waals surface area (Å²) >= 11 is 0. The summed E-state index contributed by atoms with van der Waals surface area (Å²) in [5.41, 5.74) is 4.14. The molecule has 0 fully saturated rings. The van der Waals surface area contributed by atoms with Crippen LogP contribution in [0.1, 0.15) is 11.3 Å². The van der Waals surface area contributed by atoms with Crippen molar-refractivity contribution in [2.75, 3.05) is 25.7 Å². The highest BCUT2D eigenvalue weighted by Gasteiger charge is 2.20. The van der Waals surface area contributed by atoms with E-state index in [1.54, 1.807) is 20.4 Å². The molecule has 132 valence electrons. The van der Waals surface area contributed by atoms with E-state index in [1.165, 1.54) is 0 Å². The molecule has 0 atom stereocenters. The Balaban J connectivity index is 1.59. The number of ether oxygens (including phenoxy) is 2. The molecule has 0 unspecified atom stereocenters. The molecule has 6 heteroatoms. The minimum absolute atomic E-state index is 0.684. The maximum absolute atomic E-state index is 5.42. The fraction of sp³-hybridized carbons (Fsp3) is 0.250. The molecule has 3 aromatic rings. The second kappa shape index (κ2) is 7.00. The van der Waals surface area contributed by atoms with Crippen molar-refractivity contribution in [2.24, 2.45) is 0 Å². The lowest BCUT2D eigenvalue weighted by Gasteiger charge is -2.30. The molecule has 0 N–H and O–H groups in total. The Morgan fingerprint density at radius 1 is 1.00 bits per heavy atom. The van der Waals surface area contributed by atoms with Gasteiger partial charge in [-0.05, 0) is 24.3 Å². The third kappa shape index (κ3) is 3.06. The van der Waals surface area contributed by atoms with E-state index in [1.807, 2.05) is 36.5 Å². The number of rotatable bonds is 4. The van der Waals surface area contributed by atoms with E-state index in [9.17, 15) is 0 Å². The highest BCUT2D eigenvalue weighted by Crippen LogP contribution is 2.33. The van der Waals surface area contributed by atoms with Crippen molar-refractivity contribution in [3.8, 4) is 23.0 Å². The van der Waals surface area contributed by atoms with Crippen LogP contribution in [0.25, 0.3) is 11.5 Å². The summed E-state index contributed by atoms with van der Waals surface area (Å²) < 4.78 is 10.7. The van der Waals surface area contributed by atoms with Crippen LogP contribution in [0.4, 0.5) is 5.69 Å². The van der Waals surface area contributed by atoms with Gasteiger partial charge < -0.3 is 14.4 Å². The molecule has 26 heavy (non-hydrogen) atoms. The Morgan fingerprint density at radius 2 is 1.88 bits per heavy atom. The molecule has 1 aromatic carbocycles. The molecule has 3 heterocycles. The first kappa shape index (κ1) is 16.3. The molecule has 2 aromatic heterocycles. The number of nitrogens with zero attached hydrogens (tertiary/aromatic N) is 4. The van der Waals surface area contributed by atoms with Crippen molar-refractivity contribution in [1.82, 2.24) is 15.0 Å². The zero-order chi connectivity index (χ0) is 17.9. The second-order valence-electron chi connectivity index (χ2n) is 6.09. The van der Waals surface area contributed by atoms with Gasteiger partial charge in [-0.3, -0.25) is 4.98 Å². The topological polar surface area (TPSA) is 60.4 Å². The number of hydrogen-bond donors (Lipinski definition) is 0. The first-order valence-corrected chi connectivity index (χ1v) is 8.51. The van der Waals surface area contributed by atoms with Crippen LogP contribution in [-0.4, -0.2) is 35.7 Å². The van der Waals surface area contributed by atoms with Crippen molar-refractivity contribution in [3.05, 3.63) is 60.0 Å². The molecule has 1 aliphatic heterocycles. The number of aromatic nitrogens is 3. The number of anilines is 1. The van der Waals surface area contributed by atoms with E-state index in [-0.39, 0.29) is 0 Å². The molecular formula is C20H20N4O2. The van der Waals surface area contributed by atoms with Gasteiger partial charge in [-0.1, -0.05) is 6.07 Å². The minimum Gasteiger partial charge on any atom is -0.493 e. The Bertz CT molecular complexity index is 915. The lowest BCUT2D eigenvalue weighted by Crippen LogP contribution is -2.31. The lowest BCUT2D eigenvalue weighted by molar-refractivity contribution is 0.355. The number of pyridine rings is 1. The van der Waals surface area contributed by atoms with Crippen molar-refractivity contribution < 1.29 is 9.47 Å². The minimum atomic E-state index is 0.684. The maximum Gasteiger partial charge on any atom is 0.178 e. The third-order valence-corrected chi connectivity index (χ3v) is 4.56. The molecule has 6 nitrogen and oxygen atoms in total. The van der Waals surface area contributed by atoms with Crippen LogP contribution in [0.15, 0.2) is 48.8 Å². The standard InChI is InChI=1S/C20H20N4O2/c1-25-18-7-6-15(11-19(18)26-2)24-10-8-16-14(13-24)12-22-20(23-16)17-5-3-4-9-21-17/h3-7,9,11-12H,8,10,13H2,1-2H3. The summed E-state index contributed by atoms with van der Waals surface area (Å²) in [6.45, 7) is 1.66. The van der Waals surface area contributed by atoms with Crippen molar-refractivity contribution in [2.45, 2.75) is 13.0 Å². The van der Waals surface area contributed by atoms with E-state index in [0.717, 1.165) is 53.6 Å². The molecule has 0 amide bonds. The van der Waals surface area contributed by atoms with Crippen LogP contribution in [0.2, 0.25) is 0 Å². The summed E-state index contributed by atoms with van der Waals surface area (Å²) in [6, 6.07) is 11.8. The SMILES string of the molecule is COc1ccc(N2CCc3nc(-c4ccccn4)ncc3C2)cc1OC. The Hall–Kier alpha value is -3.15. The smallest absolute Gasteiger partial charge is 0.178 e. The van der Waals surface area contributed by atoms with Crippen molar-refractivity contribution in [1.29, 1.82) is 0 Å². The first-order chi connectivity index (χ1) is 12.8. The molecule has 0 spiro atoms. The van der Waals surface area contributed by atoms with Gasteiger partial charge in [-0.2, -0.15) is 0 Å². The van der Waals surface area contributed by atoms with Gasteiger partial charge in [0.15, 0.2) is 17.3 Å². The summed E-state index contributed by atoms with van der Waals surface area (Å²) in [4.78, 5) is 15.9. The van der Waals surface area contributed by atoms with Gasteiger partial charge in [0, 0.05) is 49.2 Å². The van der Waals surface area contributed by atoms with Crippen molar-refractivity contribution >= 4 is 5.69 Å². The predicted octanol–water partition coefficient (Wildman–Crippen LogP) is 3.12. The van der Waals surface area contributed by atoms with Crippen LogP contribution in [0.3, 0.4) is 0 Å². The van der Waals surface area contributed by atoms with Crippen LogP contribution < -0.4 is 14.4 Å². The molecular weight excluding hydrogens is 328 g/mol. The molecule has 0 saturated carbocycles. The average molecular weight is 348 g/mol. The highest BCUT2D eigenvalue weighted by atomic mass is 16.5. The molecule has 0 radical (unpaired) electrons. The maximum atomic E-state index is 5.42. The fourth-order valence-corrected chi connectivity index (χ4v) is 3.18. The van der Waals surface area contributed by atoms with Gasteiger partial charge in [-0.25, -0.2) is 9.97 Å². The molecule has 4 rings (SSSR count). The molecule has 0 saturated heterocycles. The summed E-state index contributed by atoms with van der Waals surface area (Å²) in [5.74, 6) is 2.15. The van der Waals surface area contributed by atoms with E-state index in [2.05, 4.69) is 20.9 Å². The van der Waals surface area contributed by atoms with E-state index >= 15 is 0 Å². The Kier molecular flexibility index (Phi) is 4.39. The molecule has 0 aliphatic carbocycles. The van der Waals surface area contributed by atoms with Crippen LogP contribution >= 0.6 is 0 Å². The van der Waals surface area contributed by atoms with E-state index < -0.39 is 0 Å². The van der Waals surface area contributed by atoms with Gasteiger partial charge in [0.05, 0.1) is 19.9 Å². The monoisotopic (exact) mass is 348 g/mol. The molecule has 1 aliphatic rings. The highest BCUT2D eigenvalue weighted by molar-refractivity contribution is 5.58. The number of fused-ring (bicyclic) bond motifs is 1. The van der Waals surface area contributed by atoms with Gasteiger partial charge in [0.1, 0.15) is 5.69 Å². The number of benzene rings is 1. The summed E-state index contributed by atoms with van der Waals surface area (Å²) in [5, 5.41) is 0. The Morgan fingerprint density at radius 3 is 2.65 bits per heavy atom. The predicted molar refractivity (Wildman–Crippen MR) is 99.6 cm³/mol. The zero-order valence-electron chi connectivity index (χ0n) is 14.8. The number of hydrogen-bond acceptors (Lipinski definition) is 6. The van der Waals surface area contributed by atoms with E-state index in [0.29, 0.717) is 5.82 Å². The number of methoxy groups -OCH3 is 2. The lowest BCUT2D eigenvalue weighted by atomic mass is 10.1. The summed E-state index contributed by atoms with van der Waals surface area (Å²) in [6.07, 6.45) is 4.54. The molecule has 0 bridgehead atoms. The normalized spacial score (nSPS) is 13.2. The van der Waals surface area contributed by atoms with Crippen LogP contribution in [0.5, 0.6) is 11.5 Å². The van der Waals surface area contributed by atoms with Gasteiger partial charge >= 0.3 is 0 Å². The zero-order valence-corrected chi connectivity index (χ0v) is 14.8. The van der Waals surface area contributed by atoms with Crippen LogP contribution in [0, 0.1) is 0 Å². The quantitative estimate of drug-likeness (QED) is 0.722. The fourth-order valence-electron chi connectivity index (χ4n) is 3.18. The van der Waals surface area contributed by atoms with Crippen LogP contribution in [-0.2, 0) is 13.0 Å². The van der Waals surface area contributed by atoms with Gasteiger partial charge in [0.25, 0.3) is 0 Å². The van der Waals surface area contributed by atoms with Crippen molar-refractivity contribution in [3.63, 3.8) is 0 Å². The first-order valence-electron chi connectivity index (χ1n) is 8.51.